The molecular weight excluding hydrogens is 424 g/mol. The summed E-state index contributed by atoms with van der Waals surface area (Å²) in [6, 6.07) is 15.3. The van der Waals surface area contributed by atoms with Gasteiger partial charge in [0.2, 0.25) is 0 Å². The Bertz CT molecular complexity index is 1270. The van der Waals surface area contributed by atoms with Gasteiger partial charge in [-0.2, -0.15) is 0 Å². The Morgan fingerprint density at radius 1 is 1.19 bits per heavy atom. The van der Waals surface area contributed by atoms with Gasteiger partial charge in [-0.05, 0) is 50.3 Å². The zero-order chi connectivity index (χ0) is 22.1. The molecule has 0 N–H and O–H groups in total. The molecule has 7 heteroatoms. The molecule has 1 amide bonds. The molecule has 1 saturated heterocycles. The topological polar surface area (TPSA) is 72.1 Å². The number of aryl methyl sites for hydroxylation is 2. The van der Waals surface area contributed by atoms with Crippen LogP contribution in [0.25, 0.3) is 22.3 Å². The highest BCUT2D eigenvalue weighted by Crippen LogP contribution is 2.29. The van der Waals surface area contributed by atoms with Crippen molar-refractivity contribution in [2.45, 2.75) is 26.2 Å². The van der Waals surface area contributed by atoms with Crippen LogP contribution in [0.4, 0.5) is 0 Å². The number of aromatic nitrogens is 3. The van der Waals surface area contributed by atoms with Gasteiger partial charge in [-0.15, -0.1) is 0 Å². The predicted molar refractivity (Wildman–Crippen MR) is 124 cm³/mol. The van der Waals surface area contributed by atoms with Crippen molar-refractivity contribution in [3.63, 3.8) is 0 Å². The molecule has 162 valence electrons. The smallest absolute Gasteiger partial charge is 0.259 e. The average Bonchev–Trinajstić information content (AvgIpc) is 3.44. The van der Waals surface area contributed by atoms with Crippen molar-refractivity contribution >= 4 is 28.5 Å². The van der Waals surface area contributed by atoms with E-state index in [1.54, 1.807) is 6.92 Å². The maximum absolute atomic E-state index is 13.3. The zero-order valence-electron chi connectivity index (χ0n) is 17.8. The fourth-order valence-corrected chi connectivity index (χ4v) is 4.49. The molecule has 6 nitrogen and oxygen atoms in total. The molecule has 0 bridgehead atoms. The Kier molecular flexibility index (Phi) is 5.62. The maximum atomic E-state index is 13.3. The van der Waals surface area contributed by atoms with Gasteiger partial charge in [0.25, 0.3) is 5.91 Å². The molecule has 3 heterocycles. The van der Waals surface area contributed by atoms with Crippen LogP contribution >= 0.6 is 11.6 Å². The molecule has 2 aromatic heterocycles. The van der Waals surface area contributed by atoms with E-state index in [0.29, 0.717) is 28.0 Å². The van der Waals surface area contributed by atoms with Gasteiger partial charge in [-0.1, -0.05) is 47.1 Å². The second-order valence-corrected chi connectivity index (χ2v) is 8.70. The number of rotatable bonds is 5. The van der Waals surface area contributed by atoms with Crippen LogP contribution in [0.15, 0.2) is 59.3 Å². The first-order chi connectivity index (χ1) is 15.6. The van der Waals surface area contributed by atoms with Crippen LogP contribution in [0, 0.1) is 12.8 Å². The molecule has 1 atom stereocenters. The second kappa shape index (κ2) is 8.71. The lowest BCUT2D eigenvalue weighted by atomic mass is 10.0. The molecule has 0 aliphatic carbocycles. The minimum absolute atomic E-state index is 0.00696. The summed E-state index contributed by atoms with van der Waals surface area (Å²) in [5, 5.41) is 4.82. The molecule has 0 unspecified atom stereocenters. The second-order valence-electron chi connectivity index (χ2n) is 8.27. The quantitative estimate of drug-likeness (QED) is 0.413. The summed E-state index contributed by atoms with van der Waals surface area (Å²) in [7, 11) is 0. The van der Waals surface area contributed by atoms with E-state index in [4.69, 9.17) is 21.1 Å². The van der Waals surface area contributed by atoms with Gasteiger partial charge in [-0.25, -0.2) is 4.98 Å². The summed E-state index contributed by atoms with van der Waals surface area (Å²) in [5.41, 5.74) is 4.69. The standard InChI is InChI=1S/C25H23ClN4O2/c1-16-23(24(29-32-16)18-5-3-2-4-6-18)25(31)30-12-11-17(15-30)7-9-20-14-27-22-13-19(26)8-10-21(22)28-20/h2-6,8,10,13-14,17H,7,9,11-12,15H2,1H3/t17-/m1/s1. The molecule has 4 aromatic rings. The van der Waals surface area contributed by atoms with Crippen LogP contribution in [0.1, 0.15) is 34.7 Å². The van der Waals surface area contributed by atoms with Crippen molar-refractivity contribution < 1.29 is 9.32 Å². The number of amides is 1. The molecule has 0 spiro atoms. The number of hydrogen-bond acceptors (Lipinski definition) is 5. The van der Waals surface area contributed by atoms with Crippen molar-refractivity contribution in [1.82, 2.24) is 20.0 Å². The van der Waals surface area contributed by atoms with Crippen LogP contribution < -0.4 is 0 Å². The van der Waals surface area contributed by atoms with E-state index in [0.717, 1.165) is 54.6 Å². The lowest BCUT2D eigenvalue weighted by Crippen LogP contribution is -2.29. The maximum Gasteiger partial charge on any atom is 0.259 e. The Hall–Kier alpha value is -3.25. The molecule has 2 aromatic carbocycles. The van der Waals surface area contributed by atoms with Crippen molar-refractivity contribution in [3.05, 3.63) is 76.8 Å². The molecule has 1 aliphatic heterocycles. The Morgan fingerprint density at radius 3 is 2.88 bits per heavy atom. The van der Waals surface area contributed by atoms with Crippen LogP contribution in [0.3, 0.4) is 0 Å². The van der Waals surface area contributed by atoms with Gasteiger partial charge in [0.15, 0.2) is 0 Å². The highest BCUT2D eigenvalue weighted by atomic mass is 35.5. The minimum Gasteiger partial charge on any atom is -0.360 e. The Labute approximate surface area is 191 Å². The third kappa shape index (κ3) is 4.10. The molecule has 1 fully saturated rings. The lowest BCUT2D eigenvalue weighted by molar-refractivity contribution is 0.0785. The van der Waals surface area contributed by atoms with Crippen molar-refractivity contribution in [3.8, 4) is 11.3 Å². The molecular formula is C25H23ClN4O2. The SMILES string of the molecule is Cc1onc(-c2ccccc2)c1C(=O)N1CC[C@@H](CCc2cnc3cc(Cl)ccc3n2)C1. The highest BCUT2D eigenvalue weighted by molar-refractivity contribution is 6.31. The third-order valence-electron chi connectivity index (χ3n) is 6.06. The van der Waals surface area contributed by atoms with Gasteiger partial charge in [0, 0.05) is 29.9 Å². The number of likely N-dealkylation sites (tertiary alicyclic amines) is 1. The molecule has 0 saturated carbocycles. The van der Waals surface area contributed by atoms with E-state index in [2.05, 4.69) is 10.1 Å². The summed E-state index contributed by atoms with van der Waals surface area (Å²) in [5.74, 6) is 0.985. The normalized spacial score (nSPS) is 16.1. The first-order valence-corrected chi connectivity index (χ1v) is 11.2. The van der Waals surface area contributed by atoms with E-state index < -0.39 is 0 Å². The number of benzene rings is 2. The van der Waals surface area contributed by atoms with Crippen molar-refractivity contribution in [2.24, 2.45) is 5.92 Å². The van der Waals surface area contributed by atoms with Crippen molar-refractivity contribution in [1.29, 1.82) is 0 Å². The fourth-order valence-electron chi connectivity index (χ4n) is 4.32. The number of nitrogens with zero attached hydrogens (tertiary/aromatic N) is 4. The van der Waals surface area contributed by atoms with E-state index in [1.807, 2.05) is 59.6 Å². The zero-order valence-corrected chi connectivity index (χ0v) is 18.5. The molecule has 32 heavy (non-hydrogen) atoms. The summed E-state index contributed by atoms with van der Waals surface area (Å²) < 4.78 is 5.38. The van der Waals surface area contributed by atoms with Gasteiger partial charge in [0.1, 0.15) is 17.0 Å². The molecule has 1 aliphatic rings. The fraction of sp³-hybridized carbons (Fsp3) is 0.280. The minimum atomic E-state index is -0.00696. The van der Waals surface area contributed by atoms with Gasteiger partial charge < -0.3 is 9.42 Å². The van der Waals surface area contributed by atoms with E-state index >= 15 is 0 Å². The van der Waals surface area contributed by atoms with Crippen LogP contribution in [-0.4, -0.2) is 39.0 Å². The average molecular weight is 447 g/mol. The van der Waals surface area contributed by atoms with E-state index in [1.165, 1.54) is 0 Å². The summed E-state index contributed by atoms with van der Waals surface area (Å²) >= 11 is 6.03. The van der Waals surface area contributed by atoms with Crippen LogP contribution in [0.2, 0.25) is 5.02 Å². The predicted octanol–water partition coefficient (Wildman–Crippen LogP) is 5.34. The van der Waals surface area contributed by atoms with Gasteiger partial charge in [-0.3, -0.25) is 9.78 Å². The van der Waals surface area contributed by atoms with Gasteiger partial charge in [0.05, 0.1) is 16.7 Å². The Balaban J connectivity index is 1.25. The van der Waals surface area contributed by atoms with Crippen molar-refractivity contribution in [2.75, 3.05) is 13.1 Å². The van der Waals surface area contributed by atoms with Crippen LogP contribution in [-0.2, 0) is 6.42 Å². The van der Waals surface area contributed by atoms with E-state index in [-0.39, 0.29) is 5.91 Å². The molecule has 5 rings (SSSR count). The monoisotopic (exact) mass is 446 g/mol. The number of hydrogen-bond donors (Lipinski definition) is 0. The largest absolute Gasteiger partial charge is 0.360 e. The number of halogens is 1. The van der Waals surface area contributed by atoms with Gasteiger partial charge >= 0.3 is 0 Å². The summed E-state index contributed by atoms with van der Waals surface area (Å²) in [6.45, 7) is 3.27. The lowest BCUT2D eigenvalue weighted by Gasteiger charge is -2.17. The first-order valence-electron chi connectivity index (χ1n) is 10.8. The molecule has 0 radical (unpaired) electrons. The number of carbonyl (C=O) groups is 1. The van der Waals surface area contributed by atoms with E-state index in [9.17, 15) is 4.79 Å². The first kappa shape index (κ1) is 20.6. The number of fused-ring (bicyclic) bond motifs is 1. The summed E-state index contributed by atoms with van der Waals surface area (Å²) in [4.78, 5) is 24.4. The highest BCUT2D eigenvalue weighted by Gasteiger charge is 2.31. The third-order valence-corrected chi connectivity index (χ3v) is 6.29. The van der Waals surface area contributed by atoms with Crippen LogP contribution in [0.5, 0.6) is 0 Å². The summed E-state index contributed by atoms with van der Waals surface area (Å²) in [6.07, 6.45) is 4.60. The Morgan fingerprint density at radius 2 is 2.03 bits per heavy atom. The number of carbonyl (C=O) groups excluding carboxylic acids is 1.